The molecule has 2 aliphatic carbocycles. The Labute approximate surface area is 300 Å². The van der Waals surface area contributed by atoms with Crippen molar-refractivity contribution in [3.63, 3.8) is 0 Å². The molecule has 51 heavy (non-hydrogen) atoms. The van der Waals surface area contributed by atoms with Crippen LogP contribution >= 0.6 is 0 Å². The number of allylic oxidation sites excluding steroid dienone is 4. The van der Waals surface area contributed by atoms with Crippen LogP contribution < -0.4 is 4.90 Å². The van der Waals surface area contributed by atoms with Gasteiger partial charge in [-0.25, -0.2) is 0 Å². The normalized spacial score (nSPS) is 12.5. The molecule has 0 saturated carbocycles. The Morgan fingerprint density at radius 1 is 0.275 bits per heavy atom. The molecule has 0 fully saturated rings. The van der Waals surface area contributed by atoms with Gasteiger partial charge in [0.15, 0.2) is 0 Å². The molecule has 0 aromatic heterocycles. The summed E-state index contributed by atoms with van der Waals surface area (Å²) in [6.45, 7) is 0. The summed E-state index contributed by atoms with van der Waals surface area (Å²) >= 11 is 0. The molecule has 7 aromatic carbocycles. The molecule has 1 nitrogen and oxygen atoms in total. The highest BCUT2D eigenvalue weighted by Crippen LogP contribution is 2.45. The summed E-state index contributed by atoms with van der Waals surface area (Å²) in [5.74, 6) is 0. The van der Waals surface area contributed by atoms with Gasteiger partial charge in [0.1, 0.15) is 0 Å². The van der Waals surface area contributed by atoms with Crippen molar-refractivity contribution in [3.05, 3.63) is 234 Å². The molecular weight excluding hydrogens is 615 g/mol. The minimum atomic E-state index is 1.11. The smallest absolute Gasteiger partial charge is 0.0462 e. The summed E-state index contributed by atoms with van der Waals surface area (Å²) in [7, 11) is 0. The van der Waals surface area contributed by atoms with Crippen LogP contribution in [0.25, 0.3) is 45.6 Å². The average Bonchev–Trinajstić information content (AvgIpc) is 3.69. The van der Waals surface area contributed by atoms with E-state index in [1.54, 1.807) is 0 Å². The van der Waals surface area contributed by atoms with Crippen LogP contribution in [0.1, 0.15) is 33.4 Å². The molecule has 0 aliphatic heterocycles. The number of nitrogens with zero attached hydrogens (tertiary/aromatic N) is 1. The minimum Gasteiger partial charge on any atom is -0.311 e. The van der Waals surface area contributed by atoms with Gasteiger partial charge in [-0.3, -0.25) is 0 Å². The van der Waals surface area contributed by atoms with E-state index in [-0.39, 0.29) is 0 Å². The number of anilines is 3. The molecule has 240 valence electrons. The molecule has 0 unspecified atom stereocenters. The van der Waals surface area contributed by atoms with Gasteiger partial charge in [-0.05, 0) is 103 Å². The lowest BCUT2D eigenvalue weighted by Gasteiger charge is -2.25. The van der Waals surface area contributed by atoms with Gasteiger partial charge in [0, 0.05) is 17.1 Å². The van der Waals surface area contributed by atoms with E-state index >= 15 is 0 Å². The third-order valence-electron chi connectivity index (χ3n) is 9.87. The van der Waals surface area contributed by atoms with Crippen molar-refractivity contribution in [1.29, 1.82) is 0 Å². The van der Waals surface area contributed by atoms with Crippen LogP contribution in [0.15, 0.2) is 200 Å². The van der Waals surface area contributed by atoms with Crippen molar-refractivity contribution < 1.29 is 0 Å². The molecule has 0 N–H and O–H groups in total. The van der Waals surface area contributed by atoms with Gasteiger partial charge in [-0.2, -0.15) is 0 Å². The van der Waals surface area contributed by atoms with Gasteiger partial charge in [-0.1, -0.05) is 176 Å². The Morgan fingerprint density at radius 2 is 0.569 bits per heavy atom. The van der Waals surface area contributed by atoms with Crippen LogP contribution in [0.4, 0.5) is 17.1 Å². The van der Waals surface area contributed by atoms with Crippen LogP contribution in [-0.2, 0) is 0 Å². The molecular formula is C50H35N. The molecule has 0 saturated heterocycles. The largest absolute Gasteiger partial charge is 0.311 e. The van der Waals surface area contributed by atoms with Crippen LogP contribution in [-0.4, -0.2) is 0 Å². The molecule has 0 amide bonds. The second-order valence-electron chi connectivity index (χ2n) is 12.9. The van der Waals surface area contributed by atoms with Crippen molar-refractivity contribution in [2.24, 2.45) is 0 Å². The fourth-order valence-corrected chi connectivity index (χ4v) is 7.46. The van der Waals surface area contributed by atoms with E-state index in [2.05, 4.69) is 217 Å². The summed E-state index contributed by atoms with van der Waals surface area (Å²) in [5, 5.41) is 0. The Kier molecular flexibility index (Phi) is 7.92. The van der Waals surface area contributed by atoms with Crippen LogP contribution in [0.2, 0.25) is 0 Å². The number of hydrogen-bond donors (Lipinski definition) is 0. The van der Waals surface area contributed by atoms with E-state index in [0.717, 1.165) is 28.2 Å². The fourth-order valence-electron chi connectivity index (χ4n) is 7.46. The predicted molar refractivity (Wildman–Crippen MR) is 217 cm³/mol. The van der Waals surface area contributed by atoms with Gasteiger partial charge in [0.05, 0.1) is 0 Å². The number of para-hydroxylation sites is 1. The molecule has 0 spiro atoms. The fraction of sp³-hybridized carbons (Fsp3) is 0. The first-order valence-electron chi connectivity index (χ1n) is 17.5. The lowest BCUT2D eigenvalue weighted by molar-refractivity contribution is 1.28. The zero-order chi connectivity index (χ0) is 34.0. The van der Waals surface area contributed by atoms with Gasteiger partial charge in [-0.15, -0.1) is 0 Å². The lowest BCUT2D eigenvalue weighted by atomic mass is 10.0. The maximum Gasteiger partial charge on any atom is 0.0462 e. The molecule has 0 bridgehead atoms. The lowest BCUT2D eigenvalue weighted by Crippen LogP contribution is -2.09. The van der Waals surface area contributed by atoms with Crippen molar-refractivity contribution in [3.8, 4) is 22.3 Å². The van der Waals surface area contributed by atoms with E-state index in [4.69, 9.17) is 0 Å². The van der Waals surface area contributed by atoms with E-state index in [1.165, 1.54) is 55.7 Å². The Morgan fingerprint density at radius 3 is 0.922 bits per heavy atom. The minimum absolute atomic E-state index is 1.11. The van der Waals surface area contributed by atoms with Gasteiger partial charge in [0.2, 0.25) is 0 Å². The molecule has 0 atom stereocenters. The Balaban J connectivity index is 0.962. The first kappa shape index (κ1) is 30.4. The van der Waals surface area contributed by atoms with Gasteiger partial charge >= 0.3 is 0 Å². The highest BCUT2D eigenvalue weighted by Gasteiger charge is 2.22. The zero-order valence-corrected chi connectivity index (χ0v) is 28.2. The van der Waals surface area contributed by atoms with Gasteiger partial charge < -0.3 is 4.90 Å². The van der Waals surface area contributed by atoms with Crippen molar-refractivity contribution in [2.75, 3.05) is 4.90 Å². The first-order valence-corrected chi connectivity index (χ1v) is 17.5. The van der Waals surface area contributed by atoms with Crippen molar-refractivity contribution in [1.82, 2.24) is 0 Å². The van der Waals surface area contributed by atoms with Gasteiger partial charge in [0.25, 0.3) is 0 Å². The number of fused-ring (bicyclic) bond motifs is 6. The quantitative estimate of drug-likeness (QED) is 0.166. The summed E-state index contributed by atoms with van der Waals surface area (Å²) in [5.41, 5.74) is 18.6. The highest BCUT2D eigenvalue weighted by molar-refractivity contribution is 6.02. The Hall–Kier alpha value is -6.70. The number of hydrogen-bond acceptors (Lipinski definition) is 1. The molecule has 7 aromatic rings. The summed E-state index contributed by atoms with van der Waals surface area (Å²) in [6.07, 6.45) is 13.2. The van der Waals surface area contributed by atoms with E-state index < -0.39 is 0 Å². The summed E-state index contributed by atoms with van der Waals surface area (Å²) < 4.78 is 0. The monoisotopic (exact) mass is 649 g/mol. The van der Waals surface area contributed by atoms with Crippen molar-refractivity contribution >= 4 is 40.4 Å². The maximum atomic E-state index is 2.31. The summed E-state index contributed by atoms with van der Waals surface area (Å²) in [4.78, 5) is 2.31. The molecule has 1 heteroatoms. The van der Waals surface area contributed by atoms with Crippen LogP contribution in [0.3, 0.4) is 0 Å². The SMILES string of the molecule is C(=Cc1ccc(N(c2ccccc2)c2ccc(C=CC=C3c4ccccc4-c4ccccc43)cc2)cc1)C=C1c2ccccc2-c2ccccc21. The van der Waals surface area contributed by atoms with Crippen molar-refractivity contribution in [2.45, 2.75) is 0 Å². The Bertz CT molecular complexity index is 2240. The molecule has 0 radical (unpaired) electrons. The number of rotatable bonds is 7. The van der Waals surface area contributed by atoms with E-state index in [9.17, 15) is 0 Å². The first-order chi connectivity index (χ1) is 25.3. The summed E-state index contributed by atoms with van der Waals surface area (Å²) in [6, 6.07) is 62.9. The zero-order valence-electron chi connectivity index (χ0n) is 28.2. The second kappa shape index (κ2) is 13.3. The average molecular weight is 650 g/mol. The topological polar surface area (TPSA) is 3.24 Å². The predicted octanol–water partition coefficient (Wildman–Crippen LogP) is 13.4. The second-order valence-corrected chi connectivity index (χ2v) is 12.9. The third-order valence-corrected chi connectivity index (χ3v) is 9.87. The molecule has 9 rings (SSSR count). The van der Waals surface area contributed by atoms with E-state index in [1.807, 2.05) is 0 Å². The maximum absolute atomic E-state index is 2.31. The number of benzene rings is 7. The molecule has 2 aliphatic rings. The van der Waals surface area contributed by atoms with Crippen LogP contribution in [0.5, 0.6) is 0 Å². The standard InChI is InChI=1S/C50H35N/c1-2-16-38(17-3-1)51(39-32-28-36(29-33-39)14-12-26-49-45-22-8-4-18-41(45)42-19-5-9-23-46(42)49)40-34-30-37(31-35-40)15-13-27-50-47-24-10-6-20-43(47)44-21-7-11-25-48(44)50/h1-35H. The van der Waals surface area contributed by atoms with E-state index in [0.29, 0.717) is 0 Å². The third kappa shape index (κ3) is 5.75. The van der Waals surface area contributed by atoms with Crippen LogP contribution in [0, 0.1) is 0 Å². The highest BCUT2D eigenvalue weighted by atomic mass is 15.1. The molecule has 0 heterocycles.